The molecule has 116 valence electrons. The highest BCUT2D eigenvalue weighted by molar-refractivity contribution is 5.66. The number of likely N-dealkylation sites (tertiary alicyclic amines) is 1. The van der Waals surface area contributed by atoms with E-state index in [0.717, 1.165) is 12.8 Å². The molecule has 0 aliphatic carbocycles. The maximum Gasteiger partial charge on any atom is 0.302 e. The van der Waals surface area contributed by atoms with Crippen molar-refractivity contribution in [3.05, 3.63) is 0 Å². The van der Waals surface area contributed by atoms with E-state index in [9.17, 15) is 9.59 Å². The molecule has 0 amide bonds. The van der Waals surface area contributed by atoms with E-state index in [0.29, 0.717) is 13.2 Å². The highest BCUT2D eigenvalue weighted by Gasteiger charge is 2.46. The lowest BCUT2D eigenvalue weighted by Gasteiger charge is -2.54. The van der Waals surface area contributed by atoms with E-state index in [1.807, 2.05) is 0 Å². The molecule has 1 fully saturated rings. The number of hydrogen-bond acceptors (Lipinski definition) is 5. The van der Waals surface area contributed by atoms with E-state index >= 15 is 0 Å². The lowest BCUT2D eigenvalue weighted by Crippen LogP contribution is -2.63. The van der Waals surface area contributed by atoms with Crippen LogP contribution in [0.15, 0.2) is 0 Å². The van der Waals surface area contributed by atoms with Crippen molar-refractivity contribution >= 4 is 11.9 Å². The van der Waals surface area contributed by atoms with Crippen molar-refractivity contribution in [2.24, 2.45) is 0 Å². The van der Waals surface area contributed by atoms with Crippen LogP contribution in [0.2, 0.25) is 0 Å². The standard InChI is InChI=1S/C15H27NO4/c1-11(17)19-8-7-16-14(3,4)9-13(20-12(2)18)10-15(16,5)6/h13H,7-10H2,1-6H3. The minimum absolute atomic E-state index is 0.0533. The van der Waals surface area contributed by atoms with E-state index in [1.165, 1.54) is 13.8 Å². The topological polar surface area (TPSA) is 55.8 Å². The number of nitrogens with zero attached hydrogens (tertiary/aromatic N) is 1. The second-order valence-corrected chi connectivity index (χ2v) is 6.76. The van der Waals surface area contributed by atoms with Crippen molar-refractivity contribution in [2.75, 3.05) is 13.2 Å². The molecular weight excluding hydrogens is 258 g/mol. The Kier molecular flexibility index (Phi) is 5.19. The van der Waals surface area contributed by atoms with Crippen molar-refractivity contribution < 1.29 is 19.1 Å². The van der Waals surface area contributed by atoms with Gasteiger partial charge in [-0.05, 0) is 27.7 Å². The average molecular weight is 285 g/mol. The molecule has 0 aromatic rings. The molecule has 1 aliphatic rings. The predicted molar refractivity (Wildman–Crippen MR) is 76.3 cm³/mol. The Labute approximate surface area is 121 Å². The van der Waals surface area contributed by atoms with E-state index in [2.05, 4.69) is 32.6 Å². The minimum atomic E-state index is -0.254. The van der Waals surface area contributed by atoms with E-state index in [1.54, 1.807) is 0 Å². The molecule has 1 rings (SSSR count). The number of ether oxygens (including phenoxy) is 2. The summed E-state index contributed by atoms with van der Waals surface area (Å²) in [7, 11) is 0. The van der Waals surface area contributed by atoms with Gasteiger partial charge in [0.1, 0.15) is 12.7 Å². The van der Waals surface area contributed by atoms with Crippen LogP contribution >= 0.6 is 0 Å². The SMILES string of the molecule is CC(=O)OCCN1C(C)(C)CC(OC(C)=O)CC1(C)C. The van der Waals surface area contributed by atoms with Gasteiger partial charge in [-0.1, -0.05) is 0 Å². The molecule has 5 nitrogen and oxygen atoms in total. The maximum atomic E-state index is 11.2. The summed E-state index contributed by atoms with van der Waals surface area (Å²) in [5.41, 5.74) is -0.218. The Morgan fingerprint density at radius 2 is 1.55 bits per heavy atom. The van der Waals surface area contributed by atoms with E-state index < -0.39 is 0 Å². The molecule has 0 radical (unpaired) electrons. The lowest BCUT2D eigenvalue weighted by atomic mass is 9.78. The van der Waals surface area contributed by atoms with Gasteiger partial charge in [0, 0.05) is 44.3 Å². The highest BCUT2D eigenvalue weighted by atomic mass is 16.5. The zero-order chi connectivity index (χ0) is 15.6. The second kappa shape index (κ2) is 6.12. The first-order valence-electron chi connectivity index (χ1n) is 7.13. The quantitative estimate of drug-likeness (QED) is 0.741. The van der Waals surface area contributed by atoms with Crippen molar-refractivity contribution in [3.8, 4) is 0 Å². The van der Waals surface area contributed by atoms with Crippen LogP contribution < -0.4 is 0 Å². The number of esters is 2. The molecule has 20 heavy (non-hydrogen) atoms. The third-order valence-electron chi connectivity index (χ3n) is 3.87. The van der Waals surface area contributed by atoms with Gasteiger partial charge in [0.15, 0.2) is 0 Å². The number of rotatable bonds is 4. The van der Waals surface area contributed by atoms with Crippen molar-refractivity contribution in [1.29, 1.82) is 0 Å². The minimum Gasteiger partial charge on any atom is -0.465 e. The molecule has 0 bridgehead atoms. The van der Waals surface area contributed by atoms with Gasteiger partial charge in [0.05, 0.1) is 0 Å². The molecular formula is C15H27NO4. The van der Waals surface area contributed by atoms with Gasteiger partial charge >= 0.3 is 11.9 Å². The molecule has 1 saturated heterocycles. The summed E-state index contributed by atoms with van der Waals surface area (Å²) in [5, 5.41) is 0. The molecule has 0 saturated carbocycles. The Hall–Kier alpha value is -1.10. The van der Waals surface area contributed by atoms with Gasteiger partial charge in [0.2, 0.25) is 0 Å². The highest BCUT2D eigenvalue weighted by Crippen LogP contribution is 2.39. The number of piperidine rings is 1. The molecule has 0 unspecified atom stereocenters. The molecule has 1 aliphatic heterocycles. The molecule has 1 heterocycles. The summed E-state index contributed by atoms with van der Waals surface area (Å²) in [6, 6.07) is 0. The third kappa shape index (κ3) is 4.47. The molecule has 0 aromatic heterocycles. The maximum absolute atomic E-state index is 11.2. The average Bonchev–Trinajstić information content (AvgIpc) is 2.18. The van der Waals surface area contributed by atoms with Crippen LogP contribution in [0.1, 0.15) is 54.4 Å². The van der Waals surface area contributed by atoms with Crippen LogP contribution in [0.25, 0.3) is 0 Å². The van der Waals surface area contributed by atoms with Crippen LogP contribution in [0.4, 0.5) is 0 Å². The first-order chi connectivity index (χ1) is 9.04. The molecule has 0 N–H and O–H groups in total. The summed E-state index contributed by atoms with van der Waals surface area (Å²) < 4.78 is 10.5. The van der Waals surface area contributed by atoms with E-state index in [-0.39, 0.29) is 29.1 Å². The molecule has 0 spiro atoms. The van der Waals surface area contributed by atoms with Gasteiger partial charge in [-0.3, -0.25) is 14.5 Å². The summed E-state index contributed by atoms with van der Waals surface area (Å²) in [4.78, 5) is 24.4. The van der Waals surface area contributed by atoms with Crippen LogP contribution in [0, 0.1) is 0 Å². The fourth-order valence-corrected chi connectivity index (χ4v) is 3.43. The normalized spacial score (nSPS) is 22.3. The predicted octanol–water partition coefficient (Wildman–Crippen LogP) is 2.13. The Morgan fingerprint density at radius 1 is 1.05 bits per heavy atom. The number of carbonyl (C=O) groups excluding carboxylic acids is 2. The smallest absolute Gasteiger partial charge is 0.302 e. The largest absolute Gasteiger partial charge is 0.465 e. The monoisotopic (exact) mass is 285 g/mol. The Bertz CT molecular complexity index is 358. The van der Waals surface area contributed by atoms with Crippen molar-refractivity contribution in [3.63, 3.8) is 0 Å². The first kappa shape index (κ1) is 17.0. The summed E-state index contributed by atoms with van der Waals surface area (Å²) in [5.74, 6) is -0.481. The Morgan fingerprint density at radius 3 is 1.95 bits per heavy atom. The van der Waals surface area contributed by atoms with Gasteiger partial charge < -0.3 is 9.47 Å². The first-order valence-corrected chi connectivity index (χ1v) is 7.13. The van der Waals surface area contributed by atoms with Gasteiger partial charge in [-0.2, -0.15) is 0 Å². The molecule has 0 aromatic carbocycles. The van der Waals surface area contributed by atoms with Gasteiger partial charge in [-0.25, -0.2) is 0 Å². The van der Waals surface area contributed by atoms with E-state index in [4.69, 9.17) is 9.47 Å². The molecule has 0 atom stereocenters. The van der Waals surface area contributed by atoms with Crippen molar-refractivity contribution in [1.82, 2.24) is 4.90 Å². The lowest BCUT2D eigenvalue weighted by molar-refractivity contribution is -0.160. The van der Waals surface area contributed by atoms with Gasteiger partial charge in [0.25, 0.3) is 0 Å². The van der Waals surface area contributed by atoms with Crippen LogP contribution in [0.3, 0.4) is 0 Å². The van der Waals surface area contributed by atoms with Crippen LogP contribution in [-0.2, 0) is 19.1 Å². The fourth-order valence-electron chi connectivity index (χ4n) is 3.43. The van der Waals surface area contributed by atoms with Crippen molar-refractivity contribution in [2.45, 2.75) is 71.6 Å². The van der Waals surface area contributed by atoms with Crippen LogP contribution in [0.5, 0.6) is 0 Å². The molecule has 5 heteroatoms. The summed E-state index contributed by atoms with van der Waals surface area (Å²) >= 11 is 0. The Balaban J connectivity index is 2.74. The second-order valence-electron chi connectivity index (χ2n) is 6.76. The summed E-state index contributed by atoms with van der Waals surface area (Å²) in [6.07, 6.45) is 1.52. The third-order valence-corrected chi connectivity index (χ3v) is 3.87. The number of carbonyl (C=O) groups is 2. The zero-order valence-electron chi connectivity index (χ0n) is 13.5. The zero-order valence-corrected chi connectivity index (χ0v) is 13.5. The van der Waals surface area contributed by atoms with Crippen LogP contribution in [-0.4, -0.2) is 47.2 Å². The number of hydrogen-bond donors (Lipinski definition) is 0. The summed E-state index contributed by atoms with van der Waals surface area (Å²) in [6.45, 7) is 12.5. The van der Waals surface area contributed by atoms with Gasteiger partial charge in [-0.15, -0.1) is 0 Å². The fraction of sp³-hybridized carbons (Fsp3) is 0.867.